The van der Waals surface area contributed by atoms with E-state index in [1.165, 1.54) is 28.4 Å². The Kier molecular flexibility index (Phi) is 5.21. The summed E-state index contributed by atoms with van der Waals surface area (Å²) in [5.41, 5.74) is 3.15. The highest BCUT2D eigenvalue weighted by molar-refractivity contribution is 9.10. The highest BCUT2D eigenvalue weighted by atomic mass is 79.9. The van der Waals surface area contributed by atoms with Crippen LogP contribution in [0.2, 0.25) is 0 Å². The van der Waals surface area contributed by atoms with Gasteiger partial charge in [-0.15, -0.1) is 0 Å². The fraction of sp³-hybridized carbons (Fsp3) is 0.600. The molecule has 1 nitrogen and oxygen atoms in total. The molecule has 1 N–H and O–H groups in total. The standard InChI is InChI=1S/C15H24BrN/c1-11-12(7-6-8-13(11)16)14(17-5)9-10-15(2,3)4/h6-8,14,17H,9-10H2,1-5H3. The molecular formula is C15H24BrN. The largest absolute Gasteiger partial charge is 0.313 e. The van der Waals surface area contributed by atoms with Crippen molar-refractivity contribution in [2.45, 2.75) is 46.6 Å². The van der Waals surface area contributed by atoms with Crippen LogP contribution in [-0.4, -0.2) is 7.05 Å². The number of halogens is 1. The fourth-order valence-electron chi connectivity index (χ4n) is 2.03. The van der Waals surface area contributed by atoms with Crippen LogP contribution in [0.4, 0.5) is 0 Å². The lowest BCUT2D eigenvalue weighted by Crippen LogP contribution is -2.20. The van der Waals surface area contributed by atoms with E-state index in [1.807, 2.05) is 7.05 Å². The predicted octanol–water partition coefficient (Wildman–Crippen LogP) is 4.84. The molecule has 0 aliphatic carbocycles. The average Bonchev–Trinajstić information content (AvgIpc) is 2.23. The molecule has 1 rings (SSSR count). The van der Waals surface area contributed by atoms with E-state index < -0.39 is 0 Å². The normalized spacial score (nSPS) is 13.8. The zero-order valence-electron chi connectivity index (χ0n) is 11.6. The summed E-state index contributed by atoms with van der Waals surface area (Å²) in [6.45, 7) is 9.08. The molecule has 0 aliphatic heterocycles. The molecule has 0 saturated heterocycles. The summed E-state index contributed by atoms with van der Waals surface area (Å²) in [5.74, 6) is 0. The molecule has 0 bridgehead atoms. The first-order chi connectivity index (χ1) is 7.85. The van der Waals surface area contributed by atoms with Gasteiger partial charge in [-0.3, -0.25) is 0 Å². The Morgan fingerprint density at radius 2 is 1.94 bits per heavy atom. The van der Waals surface area contributed by atoms with Gasteiger partial charge in [0.15, 0.2) is 0 Å². The van der Waals surface area contributed by atoms with Crippen LogP contribution in [0.25, 0.3) is 0 Å². The van der Waals surface area contributed by atoms with Gasteiger partial charge in [-0.25, -0.2) is 0 Å². The van der Waals surface area contributed by atoms with Crippen molar-refractivity contribution in [2.75, 3.05) is 7.05 Å². The Morgan fingerprint density at radius 3 is 2.47 bits per heavy atom. The topological polar surface area (TPSA) is 12.0 Å². The SMILES string of the molecule is CNC(CCC(C)(C)C)c1cccc(Br)c1C. The Hall–Kier alpha value is -0.340. The van der Waals surface area contributed by atoms with Gasteiger partial charge in [0.2, 0.25) is 0 Å². The van der Waals surface area contributed by atoms with E-state index in [2.05, 4.69) is 67.1 Å². The molecule has 1 aromatic carbocycles. The molecule has 0 spiro atoms. The third-order valence-corrected chi connectivity index (χ3v) is 4.08. The number of rotatable bonds is 4. The van der Waals surface area contributed by atoms with Crippen LogP contribution in [0.5, 0.6) is 0 Å². The monoisotopic (exact) mass is 297 g/mol. The summed E-state index contributed by atoms with van der Waals surface area (Å²) < 4.78 is 1.20. The predicted molar refractivity (Wildman–Crippen MR) is 79.4 cm³/mol. The molecule has 96 valence electrons. The van der Waals surface area contributed by atoms with E-state index in [0.29, 0.717) is 11.5 Å². The maximum atomic E-state index is 3.61. The quantitative estimate of drug-likeness (QED) is 0.838. The molecule has 1 aromatic rings. The molecule has 1 unspecified atom stereocenters. The molecule has 0 aliphatic rings. The minimum atomic E-state index is 0.398. The lowest BCUT2D eigenvalue weighted by molar-refractivity contribution is 0.337. The van der Waals surface area contributed by atoms with Gasteiger partial charge >= 0.3 is 0 Å². The molecule has 0 aromatic heterocycles. The van der Waals surface area contributed by atoms with E-state index in [0.717, 1.165) is 0 Å². The van der Waals surface area contributed by atoms with Crippen molar-refractivity contribution < 1.29 is 0 Å². The van der Waals surface area contributed by atoms with Gasteiger partial charge in [0.05, 0.1) is 0 Å². The first-order valence-corrected chi connectivity index (χ1v) is 7.07. The van der Waals surface area contributed by atoms with Crippen molar-refractivity contribution in [3.63, 3.8) is 0 Å². The van der Waals surface area contributed by atoms with Crippen LogP contribution in [0.15, 0.2) is 22.7 Å². The van der Waals surface area contributed by atoms with Crippen molar-refractivity contribution in [3.05, 3.63) is 33.8 Å². The maximum Gasteiger partial charge on any atom is 0.0320 e. The van der Waals surface area contributed by atoms with Gasteiger partial charge in [0, 0.05) is 10.5 Å². The van der Waals surface area contributed by atoms with Crippen molar-refractivity contribution in [3.8, 4) is 0 Å². The molecule has 0 fully saturated rings. The van der Waals surface area contributed by atoms with Crippen molar-refractivity contribution in [1.29, 1.82) is 0 Å². The van der Waals surface area contributed by atoms with Crippen molar-refractivity contribution >= 4 is 15.9 Å². The first-order valence-electron chi connectivity index (χ1n) is 6.27. The molecular weight excluding hydrogens is 274 g/mol. The van der Waals surface area contributed by atoms with Crippen LogP contribution < -0.4 is 5.32 Å². The van der Waals surface area contributed by atoms with Gasteiger partial charge in [0.1, 0.15) is 0 Å². The molecule has 17 heavy (non-hydrogen) atoms. The maximum absolute atomic E-state index is 3.61. The zero-order chi connectivity index (χ0) is 13.1. The summed E-state index contributed by atoms with van der Waals surface area (Å²) in [5, 5.41) is 3.44. The molecule has 0 amide bonds. The lowest BCUT2D eigenvalue weighted by Gasteiger charge is -2.24. The molecule has 0 radical (unpaired) electrons. The molecule has 1 atom stereocenters. The highest BCUT2D eigenvalue weighted by Crippen LogP contribution is 2.30. The van der Waals surface area contributed by atoms with Gasteiger partial charge in [-0.2, -0.15) is 0 Å². The van der Waals surface area contributed by atoms with Crippen LogP contribution in [0.1, 0.15) is 50.8 Å². The van der Waals surface area contributed by atoms with E-state index in [1.54, 1.807) is 0 Å². The Morgan fingerprint density at radius 1 is 1.29 bits per heavy atom. The Balaban J connectivity index is 2.83. The van der Waals surface area contributed by atoms with Crippen LogP contribution >= 0.6 is 15.9 Å². The Labute approximate surface area is 114 Å². The van der Waals surface area contributed by atoms with E-state index >= 15 is 0 Å². The summed E-state index contributed by atoms with van der Waals surface area (Å²) in [4.78, 5) is 0. The fourth-order valence-corrected chi connectivity index (χ4v) is 2.42. The zero-order valence-corrected chi connectivity index (χ0v) is 13.2. The summed E-state index contributed by atoms with van der Waals surface area (Å²) >= 11 is 3.61. The second-order valence-corrected chi connectivity index (χ2v) is 6.75. The van der Waals surface area contributed by atoms with E-state index in [-0.39, 0.29) is 0 Å². The van der Waals surface area contributed by atoms with E-state index in [4.69, 9.17) is 0 Å². The van der Waals surface area contributed by atoms with Gasteiger partial charge in [-0.05, 0) is 49.4 Å². The number of hydrogen-bond donors (Lipinski definition) is 1. The summed E-state index contributed by atoms with van der Waals surface area (Å²) in [6, 6.07) is 6.90. The van der Waals surface area contributed by atoms with Crippen LogP contribution in [0.3, 0.4) is 0 Å². The molecule has 0 heterocycles. The first kappa shape index (κ1) is 14.7. The number of benzene rings is 1. The Bertz CT molecular complexity index is 366. The van der Waals surface area contributed by atoms with E-state index in [9.17, 15) is 0 Å². The smallest absolute Gasteiger partial charge is 0.0320 e. The van der Waals surface area contributed by atoms with Crippen molar-refractivity contribution in [1.82, 2.24) is 5.32 Å². The second kappa shape index (κ2) is 6.01. The molecule has 0 saturated carbocycles. The minimum Gasteiger partial charge on any atom is -0.313 e. The van der Waals surface area contributed by atoms with Gasteiger partial charge in [-0.1, -0.05) is 48.8 Å². The van der Waals surface area contributed by atoms with Gasteiger partial charge < -0.3 is 5.32 Å². The average molecular weight is 298 g/mol. The van der Waals surface area contributed by atoms with Crippen LogP contribution in [-0.2, 0) is 0 Å². The summed E-state index contributed by atoms with van der Waals surface area (Å²) in [6.07, 6.45) is 2.40. The van der Waals surface area contributed by atoms with Crippen LogP contribution in [0, 0.1) is 12.3 Å². The van der Waals surface area contributed by atoms with Crippen molar-refractivity contribution in [2.24, 2.45) is 5.41 Å². The minimum absolute atomic E-state index is 0.398. The second-order valence-electron chi connectivity index (χ2n) is 5.89. The van der Waals surface area contributed by atoms with Gasteiger partial charge in [0.25, 0.3) is 0 Å². The number of nitrogens with one attached hydrogen (secondary N) is 1. The lowest BCUT2D eigenvalue weighted by atomic mass is 9.86. The third-order valence-electron chi connectivity index (χ3n) is 3.22. The highest BCUT2D eigenvalue weighted by Gasteiger charge is 2.17. The molecule has 2 heteroatoms. The summed E-state index contributed by atoms with van der Waals surface area (Å²) in [7, 11) is 2.05. The third kappa shape index (κ3) is 4.44. The number of hydrogen-bond acceptors (Lipinski definition) is 1.